The molecular weight excluding hydrogens is 352 g/mol. The molecule has 0 aromatic carbocycles. The van der Waals surface area contributed by atoms with E-state index in [9.17, 15) is 9.59 Å². The fourth-order valence-corrected chi connectivity index (χ4v) is 3.97. The average Bonchev–Trinajstić information content (AvgIpc) is 2.51. The number of aryl methyl sites for hydroxylation is 2. The van der Waals surface area contributed by atoms with Crippen molar-refractivity contribution in [3.05, 3.63) is 66.5 Å². The molecule has 2 aliphatic carbocycles. The zero-order valence-electron chi connectivity index (χ0n) is 16.9. The van der Waals surface area contributed by atoms with Gasteiger partial charge in [-0.3, -0.25) is 9.59 Å². The number of aromatic nitrogens is 2. The second-order valence-corrected chi connectivity index (χ2v) is 8.09. The highest BCUT2D eigenvalue weighted by Crippen LogP contribution is 2.37. The molecule has 2 aromatic heterocycles. The van der Waals surface area contributed by atoms with Gasteiger partial charge in [0.05, 0.1) is 0 Å². The first kappa shape index (κ1) is 20.6. The van der Waals surface area contributed by atoms with Gasteiger partial charge in [0.2, 0.25) is 0 Å². The van der Waals surface area contributed by atoms with Crippen LogP contribution in [0.25, 0.3) is 0 Å². The molecule has 2 saturated carbocycles. The summed E-state index contributed by atoms with van der Waals surface area (Å²) < 4.78 is 0. The first-order valence-electron chi connectivity index (χ1n) is 10.3. The molecule has 0 spiro atoms. The van der Waals surface area contributed by atoms with Crippen LogP contribution < -0.4 is 22.6 Å². The van der Waals surface area contributed by atoms with E-state index in [1.54, 1.807) is 0 Å². The summed E-state index contributed by atoms with van der Waals surface area (Å²) >= 11 is 0. The van der Waals surface area contributed by atoms with Crippen LogP contribution in [0.3, 0.4) is 0 Å². The summed E-state index contributed by atoms with van der Waals surface area (Å²) in [5.74, 6) is 1.16. The van der Waals surface area contributed by atoms with Gasteiger partial charge in [0.15, 0.2) is 0 Å². The molecule has 0 saturated heterocycles. The van der Waals surface area contributed by atoms with E-state index in [-0.39, 0.29) is 11.1 Å². The van der Waals surface area contributed by atoms with Crippen molar-refractivity contribution in [2.45, 2.75) is 77.3 Å². The Hall–Kier alpha value is -2.18. The van der Waals surface area contributed by atoms with Crippen molar-refractivity contribution in [1.29, 1.82) is 0 Å². The summed E-state index contributed by atoms with van der Waals surface area (Å²) in [4.78, 5) is 28.9. The average molecular weight is 385 g/mol. The van der Waals surface area contributed by atoms with Crippen LogP contribution in [0, 0.1) is 13.8 Å². The maximum atomic E-state index is 11.6. The molecule has 2 fully saturated rings. The predicted molar refractivity (Wildman–Crippen MR) is 113 cm³/mol. The molecule has 152 valence electrons. The minimum atomic E-state index is -0.00519. The Morgan fingerprint density at radius 1 is 0.857 bits per heavy atom. The van der Waals surface area contributed by atoms with Gasteiger partial charge in [0.25, 0.3) is 11.1 Å². The quantitative estimate of drug-likeness (QED) is 0.648. The summed E-state index contributed by atoms with van der Waals surface area (Å²) in [6.07, 6.45) is 7.38. The van der Waals surface area contributed by atoms with Crippen LogP contribution in [0.1, 0.15) is 84.0 Å². The van der Waals surface area contributed by atoms with Gasteiger partial charge in [-0.05, 0) is 74.6 Å². The summed E-state index contributed by atoms with van der Waals surface area (Å²) in [6.45, 7) is 4.55. The van der Waals surface area contributed by atoms with Gasteiger partial charge in [-0.1, -0.05) is 12.8 Å². The fraction of sp³-hybridized carbons (Fsp3) is 0.545. The van der Waals surface area contributed by atoms with Crippen LogP contribution in [-0.2, 0) is 13.1 Å². The first-order valence-corrected chi connectivity index (χ1v) is 10.3. The van der Waals surface area contributed by atoms with Crippen LogP contribution >= 0.6 is 0 Å². The molecule has 0 aliphatic heterocycles. The highest BCUT2D eigenvalue weighted by Gasteiger charge is 2.23. The van der Waals surface area contributed by atoms with Gasteiger partial charge in [-0.2, -0.15) is 0 Å². The van der Waals surface area contributed by atoms with Crippen LogP contribution in [0.2, 0.25) is 0 Å². The molecule has 0 amide bonds. The second kappa shape index (κ2) is 8.88. The number of hydrogen-bond donors (Lipinski definition) is 4. The lowest BCUT2D eigenvalue weighted by Crippen LogP contribution is -2.23. The Labute approximate surface area is 165 Å². The van der Waals surface area contributed by atoms with E-state index in [0.717, 1.165) is 22.5 Å². The highest BCUT2D eigenvalue weighted by atomic mass is 16.1. The fourth-order valence-electron chi connectivity index (χ4n) is 3.97. The zero-order valence-corrected chi connectivity index (χ0v) is 16.9. The smallest absolute Gasteiger partial charge is 0.252 e. The third kappa shape index (κ3) is 4.28. The minimum absolute atomic E-state index is 0.00519. The van der Waals surface area contributed by atoms with Crippen molar-refractivity contribution in [2.75, 3.05) is 0 Å². The van der Waals surface area contributed by atoms with Crippen LogP contribution in [0.5, 0.6) is 0 Å². The van der Waals surface area contributed by atoms with Crippen LogP contribution in [0.4, 0.5) is 0 Å². The molecule has 2 aromatic rings. The molecule has 0 atom stereocenters. The molecule has 0 radical (unpaired) electrons. The number of nitrogens with two attached hydrogens (primary N) is 2. The summed E-state index contributed by atoms with van der Waals surface area (Å²) in [6, 6.07) is 4.15. The van der Waals surface area contributed by atoms with Gasteiger partial charge in [-0.15, -0.1) is 0 Å². The predicted octanol–water partition coefficient (Wildman–Crippen LogP) is 2.82. The maximum absolute atomic E-state index is 11.6. The Balaban J connectivity index is 0.000000161. The normalized spacial score (nSPS) is 16.7. The van der Waals surface area contributed by atoms with E-state index in [0.29, 0.717) is 30.5 Å². The Bertz CT molecular complexity index is 935. The van der Waals surface area contributed by atoms with E-state index in [1.165, 1.54) is 44.1 Å². The van der Waals surface area contributed by atoms with E-state index in [1.807, 2.05) is 13.8 Å². The number of aromatic amines is 2. The third-order valence-electron chi connectivity index (χ3n) is 6.18. The topological polar surface area (TPSA) is 118 Å². The highest BCUT2D eigenvalue weighted by molar-refractivity contribution is 5.31. The van der Waals surface area contributed by atoms with Crippen molar-refractivity contribution in [3.63, 3.8) is 0 Å². The molecule has 6 nitrogen and oxygen atoms in total. The standard InChI is InChI=1S/2C11H16N2O/c1-7-5-10(8-3-2-4-8)13-11(14)9(7)6-12;1-7-5-9(8-3-2-4-8)10(6-12)11(14)13-7/h2*5,8H,2-4,6,12H2,1H3,(H,13,14). The molecule has 4 rings (SSSR count). The van der Waals surface area contributed by atoms with Crippen molar-refractivity contribution >= 4 is 0 Å². The van der Waals surface area contributed by atoms with E-state index >= 15 is 0 Å². The van der Waals surface area contributed by atoms with Crippen molar-refractivity contribution in [3.8, 4) is 0 Å². The van der Waals surface area contributed by atoms with Gasteiger partial charge < -0.3 is 21.4 Å². The lowest BCUT2D eigenvalue weighted by molar-refractivity contribution is 0.410. The molecule has 2 heterocycles. The Morgan fingerprint density at radius 3 is 1.89 bits per heavy atom. The number of hydrogen-bond acceptors (Lipinski definition) is 4. The van der Waals surface area contributed by atoms with E-state index in [2.05, 4.69) is 22.1 Å². The Kier molecular flexibility index (Phi) is 6.52. The van der Waals surface area contributed by atoms with Crippen LogP contribution in [0.15, 0.2) is 21.7 Å². The molecule has 6 N–H and O–H groups in total. The lowest BCUT2D eigenvalue weighted by Gasteiger charge is -2.27. The van der Waals surface area contributed by atoms with Crippen LogP contribution in [-0.4, -0.2) is 9.97 Å². The summed E-state index contributed by atoms with van der Waals surface area (Å²) in [5.41, 5.74) is 16.8. The maximum Gasteiger partial charge on any atom is 0.252 e. The SMILES string of the molecule is Cc1cc(C2CCC2)[nH]c(=O)c1CN.Cc1cc(C2CCC2)c(CN)c(=O)[nH]1. The van der Waals surface area contributed by atoms with Gasteiger partial charge in [0.1, 0.15) is 0 Å². The van der Waals surface area contributed by atoms with Crippen molar-refractivity contribution in [1.82, 2.24) is 9.97 Å². The largest absolute Gasteiger partial charge is 0.326 e. The monoisotopic (exact) mass is 384 g/mol. The number of H-pyrrole nitrogens is 2. The number of nitrogens with one attached hydrogen (secondary N) is 2. The lowest BCUT2D eigenvalue weighted by atomic mass is 9.78. The molecule has 6 heteroatoms. The van der Waals surface area contributed by atoms with E-state index < -0.39 is 0 Å². The molecule has 2 aliphatic rings. The third-order valence-corrected chi connectivity index (χ3v) is 6.18. The summed E-state index contributed by atoms with van der Waals surface area (Å²) in [7, 11) is 0. The van der Waals surface area contributed by atoms with Crippen molar-refractivity contribution < 1.29 is 0 Å². The van der Waals surface area contributed by atoms with Gasteiger partial charge in [-0.25, -0.2) is 0 Å². The van der Waals surface area contributed by atoms with Gasteiger partial charge in [0, 0.05) is 35.6 Å². The minimum Gasteiger partial charge on any atom is -0.326 e. The molecular formula is C22H32N4O2. The van der Waals surface area contributed by atoms with Gasteiger partial charge >= 0.3 is 0 Å². The van der Waals surface area contributed by atoms with Crippen molar-refractivity contribution in [2.24, 2.45) is 11.5 Å². The summed E-state index contributed by atoms with van der Waals surface area (Å²) in [5, 5.41) is 0. The first-order chi connectivity index (χ1) is 13.4. The second-order valence-electron chi connectivity index (χ2n) is 8.09. The molecule has 28 heavy (non-hydrogen) atoms. The molecule has 0 bridgehead atoms. The zero-order chi connectivity index (χ0) is 20.3. The molecule has 0 unspecified atom stereocenters. The number of rotatable bonds is 4. The Morgan fingerprint density at radius 2 is 1.43 bits per heavy atom. The van der Waals surface area contributed by atoms with E-state index in [4.69, 9.17) is 11.5 Å². The number of pyridine rings is 2.